The lowest BCUT2D eigenvalue weighted by Crippen LogP contribution is -2.04. The summed E-state index contributed by atoms with van der Waals surface area (Å²) >= 11 is 2.95. The number of rotatable bonds is 1. The van der Waals surface area contributed by atoms with E-state index in [-0.39, 0.29) is 15.9 Å². The van der Waals surface area contributed by atoms with E-state index in [1.807, 2.05) is 0 Å². The van der Waals surface area contributed by atoms with Gasteiger partial charge in [-0.1, -0.05) is 0 Å². The first-order valence-corrected chi connectivity index (χ1v) is 5.25. The molecule has 7 heteroatoms. The van der Waals surface area contributed by atoms with E-state index in [1.54, 1.807) is 0 Å². The van der Waals surface area contributed by atoms with Crippen LogP contribution in [0.3, 0.4) is 0 Å². The molecule has 0 fully saturated rings. The number of hydrogen-bond acceptors (Lipinski definition) is 1. The molecule has 0 aliphatic heterocycles. The van der Waals surface area contributed by atoms with Crippen LogP contribution < -0.4 is 0 Å². The summed E-state index contributed by atoms with van der Waals surface area (Å²) in [6.45, 7) is 0. The van der Waals surface area contributed by atoms with E-state index >= 15 is 0 Å². The molecule has 1 aromatic carbocycles. The Labute approximate surface area is 102 Å². The predicted molar refractivity (Wildman–Crippen MR) is 56.7 cm³/mol. The van der Waals surface area contributed by atoms with Crippen molar-refractivity contribution in [3.05, 3.63) is 40.4 Å². The van der Waals surface area contributed by atoms with Crippen molar-refractivity contribution < 1.29 is 17.6 Å². The zero-order valence-electron chi connectivity index (χ0n) is 8.15. The van der Waals surface area contributed by atoms with Crippen molar-refractivity contribution in [1.82, 2.24) is 9.97 Å². The van der Waals surface area contributed by atoms with Gasteiger partial charge in [-0.05, 0) is 34.1 Å². The van der Waals surface area contributed by atoms with Crippen LogP contribution in [-0.4, -0.2) is 9.97 Å². The number of nitrogens with zero attached hydrogens (tertiary/aromatic N) is 1. The topological polar surface area (TPSA) is 28.7 Å². The van der Waals surface area contributed by atoms with Crippen molar-refractivity contribution in [3.8, 4) is 11.4 Å². The van der Waals surface area contributed by atoms with Crippen LogP contribution in [-0.2, 0) is 6.18 Å². The molecule has 0 amide bonds. The van der Waals surface area contributed by atoms with Gasteiger partial charge in [-0.3, -0.25) is 0 Å². The van der Waals surface area contributed by atoms with Crippen molar-refractivity contribution >= 4 is 15.9 Å². The molecule has 1 N–H and O–H groups in total. The summed E-state index contributed by atoms with van der Waals surface area (Å²) in [6, 6.07) is 3.97. The van der Waals surface area contributed by atoms with Gasteiger partial charge in [0.1, 0.15) is 11.6 Å². The van der Waals surface area contributed by atoms with Gasteiger partial charge in [-0.25, -0.2) is 9.37 Å². The molecule has 2 aromatic rings. The zero-order valence-corrected chi connectivity index (χ0v) is 9.73. The number of hydrogen-bond donors (Lipinski definition) is 1. The van der Waals surface area contributed by atoms with E-state index in [0.717, 1.165) is 12.3 Å². The second kappa shape index (κ2) is 4.14. The molecule has 0 saturated carbocycles. The Kier molecular flexibility index (Phi) is 2.94. The molecule has 0 aliphatic rings. The molecular formula is C10H5BrF4N2. The van der Waals surface area contributed by atoms with E-state index in [9.17, 15) is 17.6 Å². The number of alkyl halides is 3. The van der Waals surface area contributed by atoms with E-state index in [4.69, 9.17) is 0 Å². The minimum absolute atomic E-state index is 0.0243. The van der Waals surface area contributed by atoms with Crippen LogP contribution in [0.25, 0.3) is 11.4 Å². The van der Waals surface area contributed by atoms with Crippen LogP contribution in [0.4, 0.5) is 17.6 Å². The molecule has 0 radical (unpaired) electrons. The van der Waals surface area contributed by atoms with Crippen molar-refractivity contribution in [1.29, 1.82) is 0 Å². The van der Waals surface area contributed by atoms with Crippen molar-refractivity contribution in [2.45, 2.75) is 6.18 Å². The summed E-state index contributed by atoms with van der Waals surface area (Å²) in [6.07, 6.45) is -3.77. The lowest BCUT2D eigenvalue weighted by molar-refractivity contribution is -0.140. The summed E-state index contributed by atoms with van der Waals surface area (Å²) in [5.74, 6) is -0.587. The Morgan fingerprint density at radius 2 is 1.94 bits per heavy atom. The highest BCUT2D eigenvalue weighted by Crippen LogP contribution is 2.30. The molecule has 17 heavy (non-hydrogen) atoms. The lowest BCUT2D eigenvalue weighted by Gasteiger charge is -2.00. The normalized spacial score (nSPS) is 11.8. The molecule has 0 bridgehead atoms. The smallest absolute Gasteiger partial charge is 0.344 e. The fourth-order valence-corrected chi connectivity index (χ4v) is 1.50. The van der Waals surface area contributed by atoms with Gasteiger partial charge >= 0.3 is 6.18 Å². The summed E-state index contributed by atoms with van der Waals surface area (Å²) in [5.41, 5.74) is -0.781. The van der Waals surface area contributed by atoms with E-state index in [0.29, 0.717) is 0 Å². The highest BCUT2D eigenvalue weighted by atomic mass is 79.9. The third-order valence-electron chi connectivity index (χ3n) is 2.06. The van der Waals surface area contributed by atoms with Gasteiger partial charge in [0.25, 0.3) is 0 Å². The second-order valence-electron chi connectivity index (χ2n) is 3.26. The average Bonchev–Trinajstić information content (AvgIpc) is 2.70. The van der Waals surface area contributed by atoms with Gasteiger partial charge in [-0.2, -0.15) is 13.2 Å². The fraction of sp³-hybridized carbons (Fsp3) is 0.100. The minimum Gasteiger partial charge on any atom is -0.344 e. The first-order valence-electron chi connectivity index (χ1n) is 4.46. The molecule has 1 aromatic heterocycles. The number of aromatic nitrogens is 2. The minimum atomic E-state index is -4.51. The van der Waals surface area contributed by atoms with Crippen LogP contribution in [0.5, 0.6) is 0 Å². The highest BCUT2D eigenvalue weighted by Gasteiger charge is 2.33. The molecule has 0 atom stereocenters. The van der Waals surface area contributed by atoms with Crippen LogP contribution in [0.1, 0.15) is 5.69 Å². The molecule has 2 nitrogen and oxygen atoms in total. The van der Waals surface area contributed by atoms with Crippen LogP contribution >= 0.6 is 15.9 Å². The first-order chi connectivity index (χ1) is 7.88. The standard InChI is InChI=1S/C10H5BrF4N2/c11-6-2-1-5(3-7(6)12)9-16-4-8(17-9)10(13,14)15/h1-4H,(H,16,17). The fourth-order valence-electron chi connectivity index (χ4n) is 1.26. The summed E-state index contributed by atoms with van der Waals surface area (Å²) < 4.78 is 50.3. The van der Waals surface area contributed by atoms with Gasteiger partial charge in [-0.15, -0.1) is 0 Å². The Bertz CT molecular complexity index is 547. The summed E-state index contributed by atoms with van der Waals surface area (Å²) in [7, 11) is 0. The third kappa shape index (κ3) is 2.49. The number of imidazole rings is 1. The molecule has 90 valence electrons. The van der Waals surface area contributed by atoms with Crippen molar-refractivity contribution in [2.75, 3.05) is 0 Å². The molecule has 0 unspecified atom stereocenters. The zero-order chi connectivity index (χ0) is 12.6. The van der Waals surface area contributed by atoms with Crippen LogP contribution in [0, 0.1) is 5.82 Å². The highest BCUT2D eigenvalue weighted by molar-refractivity contribution is 9.10. The van der Waals surface area contributed by atoms with Gasteiger partial charge in [0, 0.05) is 11.8 Å². The number of nitrogens with one attached hydrogen (secondary N) is 1. The number of aromatic amines is 1. The summed E-state index contributed by atoms with van der Waals surface area (Å²) in [5, 5.41) is 0. The maximum absolute atomic E-state index is 13.2. The maximum atomic E-state index is 13.2. The maximum Gasteiger partial charge on any atom is 0.434 e. The second-order valence-corrected chi connectivity index (χ2v) is 4.12. The Balaban J connectivity index is 2.40. The van der Waals surface area contributed by atoms with Gasteiger partial charge in [0.2, 0.25) is 0 Å². The number of H-pyrrole nitrogens is 1. The molecule has 0 spiro atoms. The van der Waals surface area contributed by atoms with Gasteiger partial charge in [0.15, 0.2) is 5.69 Å². The van der Waals surface area contributed by atoms with Crippen LogP contribution in [0.15, 0.2) is 28.9 Å². The summed E-state index contributed by atoms with van der Waals surface area (Å²) in [4.78, 5) is 5.72. The van der Waals surface area contributed by atoms with Crippen molar-refractivity contribution in [3.63, 3.8) is 0 Å². The lowest BCUT2D eigenvalue weighted by atomic mass is 10.2. The Morgan fingerprint density at radius 1 is 1.24 bits per heavy atom. The Hall–Kier alpha value is -1.37. The monoisotopic (exact) mass is 308 g/mol. The van der Waals surface area contributed by atoms with Gasteiger partial charge in [0.05, 0.1) is 4.47 Å². The van der Waals surface area contributed by atoms with Crippen molar-refractivity contribution in [2.24, 2.45) is 0 Å². The van der Waals surface area contributed by atoms with Gasteiger partial charge < -0.3 is 4.98 Å². The first kappa shape index (κ1) is 12.1. The van der Waals surface area contributed by atoms with Crippen LogP contribution in [0.2, 0.25) is 0 Å². The Morgan fingerprint density at radius 3 is 2.47 bits per heavy atom. The largest absolute Gasteiger partial charge is 0.434 e. The number of benzene rings is 1. The number of halogens is 5. The predicted octanol–water partition coefficient (Wildman–Crippen LogP) is 4.00. The molecular weight excluding hydrogens is 304 g/mol. The molecule has 0 aliphatic carbocycles. The quantitative estimate of drug-likeness (QED) is 0.793. The van der Waals surface area contributed by atoms with E-state index < -0.39 is 17.7 Å². The molecule has 0 saturated heterocycles. The molecule has 2 rings (SSSR count). The van der Waals surface area contributed by atoms with E-state index in [1.165, 1.54) is 12.1 Å². The molecule has 1 heterocycles. The SMILES string of the molecule is Fc1cc(-c2nc(C(F)(F)F)c[nH]2)ccc1Br. The average molecular weight is 309 g/mol. The third-order valence-corrected chi connectivity index (χ3v) is 2.70. The van der Waals surface area contributed by atoms with E-state index in [2.05, 4.69) is 25.9 Å².